The molecule has 2 rings (SSSR count). The van der Waals surface area contributed by atoms with Crippen molar-refractivity contribution in [2.45, 2.75) is 33.1 Å². The van der Waals surface area contributed by atoms with E-state index in [2.05, 4.69) is 11.9 Å². The Bertz CT molecular complexity index is 559. The Balaban J connectivity index is 2.41. The van der Waals surface area contributed by atoms with Crippen molar-refractivity contribution in [2.75, 3.05) is 0 Å². The Hall–Kier alpha value is -1.97. The van der Waals surface area contributed by atoms with E-state index in [0.29, 0.717) is 0 Å². The molecular weight excluding hydrogens is 228 g/mol. The quantitative estimate of drug-likeness (QED) is 0.586. The maximum atomic E-state index is 10.8. The molecule has 0 saturated carbocycles. The zero-order chi connectivity index (χ0) is 13.3. The van der Waals surface area contributed by atoms with E-state index < -0.39 is 0 Å². The molecule has 1 unspecified atom stereocenters. The second-order valence-electron chi connectivity index (χ2n) is 4.72. The summed E-state index contributed by atoms with van der Waals surface area (Å²) in [6, 6.07) is 6.89. The number of non-ortho nitro benzene ring substituents is 1. The highest BCUT2D eigenvalue weighted by Gasteiger charge is 2.22. The fourth-order valence-electron chi connectivity index (χ4n) is 2.34. The molecule has 94 valence electrons. The number of benzene rings is 1. The summed E-state index contributed by atoms with van der Waals surface area (Å²) in [5, 5.41) is 10.8. The molecule has 1 aromatic rings. The van der Waals surface area contributed by atoms with E-state index in [0.717, 1.165) is 23.4 Å². The van der Waals surface area contributed by atoms with Gasteiger partial charge in [0, 0.05) is 29.5 Å². The van der Waals surface area contributed by atoms with Gasteiger partial charge in [0.2, 0.25) is 0 Å². The number of hydrogen-bond donors (Lipinski definition) is 0. The summed E-state index contributed by atoms with van der Waals surface area (Å²) in [5.41, 5.74) is 4.44. The second kappa shape index (κ2) is 4.72. The van der Waals surface area contributed by atoms with E-state index in [1.54, 1.807) is 12.1 Å². The molecule has 1 aliphatic rings. The number of rotatable bonds is 2. The Labute approximate surface area is 106 Å². The molecule has 0 aromatic heterocycles. The largest absolute Gasteiger partial charge is 0.269 e. The van der Waals surface area contributed by atoms with Gasteiger partial charge in [-0.3, -0.25) is 15.1 Å². The second-order valence-corrected chi connectivity index (χ2v) is 4.72. The van der Waals surface area contributed by atoms with Crippen molar-refractivity contribution in [1.82, 2.24) is 0 Å². The van der Waals surface area contributed by atoms with E-state index in [1.165, 1.54) is 11.6 Å². The van der Waals surface area contributed by atoms with Crippen molar-refractivity contribution in [1.29, 1.82) is 0 Å². The highest BCUT2D eigenvalue weighted by atomic mass is 16.6. The maximum absolute atomic E-state index is 10.8. The van der Waals surface area contributed by atoms with Crippen molar-refractivity contribution >= 4 is 11.4 Å². The molecule has 0 aliphatic carbocycles. The van der Waals surface area contributed by atoms with E-state index in [4.69, 9.17) is 0 Å². The first-order valence-corrected chi connectivity index (χ1v) is 5.95. The number of nitro groups is 1. The van der Waals surface area contributed by atoms with Gasteiger partial charge in [-0.25, -0.2) is 0 Å². The van der Waals surface area contributed by atoms with Crippen LogP contribution in [0, 0.1) is 10.1 Å². The molecule has 1 aromatic carbocycles. The van der Waals surface area contributed by atoms with Gasteiger partial charge in [-0.2, -0.15) is 0 Å². The number of nitro benzene ring substituents is 1. The first kappa shape index (κ1) is 12.5. The van der Waals surface area contributed by atoms with Crippen LogP contribution in [0.1, 0.15) is 38.7 Å². The van der Waals surface area contributed by atoms with Crippen LogP contribution in [-0.2, 0) is 0 Å². The first-order chi connectivity index (χ1) is 8.49. The lowest BCUT2D eigenvalue weighted by atomic mass is 9.85. The van der Waals surface area contributed by atoms with Gasteiger partial charge in [0.25, 0.3) is 5.69 Å². The van der Waals surface area contributed by atoms with Crippen LogP contribution in [0.3, 0.4) is 0 Å². The van der Waals surface area contributed by atoms with Crippen molar-refractivity contribution < 1.29 is 4.92 Å². The first-order valence-electron chi connectivity index (χ1n) is 5.95. The normalized spacial score (nSPS) is 19.7. The topological polar surface area (TPSA) is 55.5 Å². The SMILES string of the molecule is CC1=NC(C)=C(C)C(c2cccc([N+](=O)[O-])c2)C1. The number of hydrogen-bond acceptors (Lipinski definition) is 3. The summed E-state index contributed by atoms with van der Waals surface area (Å²) in [7, 11) is 0. The third-order valence-electron chi connectivity index (χ3n) is 3.43. The van der Waals surface area contributed by atoms with Gasteiger partial charge < -0.3 is 0 Å². The molecule has 18 heavy (non-hydrogen) atoms. The van der Waals surface area contributed by atoms with Gasteiger partial charge in [-0.15, -0.1) is 0 Å². The van der Waals surface area contributed by atoms with Crippen LogP contribution in [0.5, 0.6) is 0 Å². The fourth-order valence-corrected chi connectivity index (χ4v) is 2.34. The number of allylic oxidation sites excluding steroid dienone is 2. The summed E-state index contributed by atoms with van der Waals surface area (Å²) in [5.74, 6) is 0.211. The Kier molecular flexibility index (Phi) is 3.28. The molecule has 4 nitrogen and oxygen atoms in total. The molecule has 0 bridgehead atoms. The lowest BCUT2D eigenvalue weighted by molar-refractivity contribution is -0.384. The third-order valence-corrected chi connectivity index (χ3v) is 3.43. The lowest BCUT2D eigenvalue weighted by Gasteiger charge is -2.23. The summed E-state index contributed by atoms with van der Waals surface area (Å²) >= 11 is 0. The van der Waals surface area contributed by atoms with Crippen molar-refractivity contribution in [3.63, 3.8) is 0 Å². The summed E-state index contributed by atoms with van der Waals surface area (Å²) < 4.78 is 0. The van der Waals surface area contributed by atoms with Crippen LogP contribution >= 0.6 is 0 Å². The summed E-state index contributed by atoms with van der Waals surface area (Å²) in [6.07, 6.45) is 0.838. The molecule has 0 N–H and O–H groups in total. The van der Waals surface area contributed by atoms with E-state index in [1.807, 2.05) is 19.9 Å². The molecule has 1 atom stereocenters. The highest BCUT2D eigenvalue weighted by molar-refractivity contribution is 5.85. The molecule has 1 heterocycles. The van der Waals surface area contributed by atoms with Crippen molar-refractivity contribution in [3.8, 4) is 0 Å². The van der Waals surface area contributed by atoms with E-state index in [9.17, 15) is 10.1 Å². The number of aliphatic imine (C=N–C) groups is 1. The Morgan fingerprint density at radius 3 is 2.72 bits per heavy atom. The van der Waals surface area contributed by atoms with Gasteiger partial charge in [0.1, 0.15) is 0 Å². The van der Waals surface area contributed by atoms with Crippen LogP contribution in [-0.4, -0.2) is 10.6 Å². The molecular formula is C14H16N2O2. The van der Waals surface area contributed by atoms with Crippen LogP contribution in [0.2, 0.25) is 0 Å². The Morgan fingerprint density at radius 2 is 2.06 bits per heavy atom. The lowest BCUT2D eigenvalue weighted by Crippen LogP contribution is -2.12. The smallest absolute Gasteiger partial charge is 0.263 e. The molecule has 0 radical (unpaired) electrons. The molecule has 1 aliphatic heterocycles. The zero-order valence-corrected chi connectivity index (χ0v) is 10.8. The predicted octanol–water partition coefficient (Wildman–Crippen LogP) is 3.84. The predicted molar refractivity (Wildman–Crippen MR) is 71.9 cm³/mol. The van der Waals surface area contributed by atoms with Crippen LogP contribution in [0.25, 0.3) is 0 Å². The van der Waals surface area contributed by atoms with Crippen molar-refractivity contribution in [3.05, 3.63) is 51.2 Å². The third kappa shape index (κ3) is 2.32. The molecule has 4 heteroatoms. The van der Waals surface area contributed by atoms with E-state index >= 15 is 0 Å². The summed E-state index contributed by atoms with van der Waals surface area (Å²) in [4.78, 5) is 14.9. The van der Waals surface area contributed by atoms with Gasteiger partial charge >= 0.3 is 0 Å². The minimum Gasteiger partial charge on any atom is -0.263 e. The van der Waals surface area contributed by atoms with Gasteiger partial charge in [0.15, 0.2) is 0 Å². The molecule has 0 amide bonds. The molecule has 0 fully saturated rings. The maximum Gasteiger partial charge on any atom is 0.269 e. The number of nitrogens with zero attached hydrogens (tertiary/aromatic N) is 2. The minimum atomic E-state index is -0.348. The average molecular weight is 244 g/mol. The minimum absolute atomic E-state index is 0.151. The Morgan fingerprint density at radius 1 is 1.33 bits per heavy atom. The zero-order valence-electron chi connectivity index (χ0n) is 10.8. The monoisotopic (exact) mass is 244 g/mol. The molecule has 0 spiro atoms. The van der Waals surface area contributed by atoms with Crippen molar-refractivity contribution in [2.24, 2.45) is 4.99 Å². The van der Waals surface area contributed by atoms with Crippen LogP contribution < -0.4 is 0 Å². The van der Waals surface area contributed by atoms with Gasteiger partial charge in [0.05, 0.1) is 4.92 Å². The van der Waals surface area contributed by atoms with Crippen LogP contribution in [0.15, 0.2) is 40.5 Å². The molecule has 0 saturated heterocycles. The summed E-state index contributed by atoms with van der Waals surface area (Å²) in [6.45, 7) is 6.04. The fraction of sp³-hybridized carbons (Fsp3) is 0.357. The average Bonchev–Trinajstić information content (AvgIpc) is 2.34. The van der Waals surface area contributed by atoms with Crippen LogP contribution in [0.4, 0.5) is 5.69 Å². The van der Waals surface area contributed by atoms with Gasteiger partial charge in [-0.1, -0.05) is 12.1 Å². The highest BCUT2D eigenvalue weighted by Crippen LogP contribution is 2.35. The van der Waals surface area contributed by atoms with Gasteiger partial charge in [-0.05, 0) is 38.3 Å². The standard InChI is InChI=1S/C14H16N2O2/c1-9-7-14(10(2)11(3)15-9)12-5-4-6-13(8-12)16(17)18/h4-6,8,14H,7H2,1-3H3. The van der Waals surface area contributed by atoms with E-state index in [-0.39, 0.29) is 16.5 Å².